The highest BCUT2D eigenvalue weighted by molar-refractivity contribution is 7.10. The van der Waals surface area contributed by atoms with Crippen molar-refractivity contribution < 1.29 is 4.74 Å². The predicted octanol–water partition coefficient (Wildman–Crippen LogP) is 3.53. The molecule has 128 valence electrons. The number of nitrogens with zero attached hydrogens (tertiary/aromatic N) is 1. The Balaban J connectivity index is 1.47. The van der Waals surface area contributed by atoms with Crippen LogP contribution in [0.25, 0.3) is 0 Å². The minimum atomic E-state index is -0.0688. The molecule has 4 rings (SSSR count). The Bertz CT molecular complexity index is 661. The number of ether oxygens (including phenoxy) is 1. The van der Waals surface area contributed by atoms with Crippen LogP contribution < -0.4 is 5.73 Å². The van der Waals surface area contributed by atoms with E-state index in [-0.39, 0.29) is 5.60 Å². The Morgan fingerprint density at radius 2 is 1.96 bits per heavy atom. The van der Waals surface area contributed by atoms with Gasteiger partial charge in [0, 0.05) is 30.9 Å². The summed E-state index contributed by atoms with van der Waals surface area (Å²) >= 11 is 1.89. The van der Waals surface area contributed by atoms with E-state index >= 15 is 0 Å². The van der Waals surface area contributed by atoms with Crippen LogP contribution in [0.2, 0.25) is 0 Å². The molecule has 1 aromatic heterocycles. The second-order valence-corrected chi connectivity index (χ2v) is 8.04. The first-order chi connectivity index (χ1) is 11.8. The molecule has 0 aliphatic carbocycles. The number of thiophene rings is 1. The lowest BCUT2D eigenvalue weighted by Crippen LogP contribution is -2.48. The molecular formula is C20H26N2OS. The molecule has 4 heteroatoms. The minimum absolute atomic E-state index is 0.0688. The van der Waals surface area contributed by atoms with Gasteiger partial charge in [0.05, 0.1) is 11.7 Å². The third kappa shape index (κ3) is 3.16. The van der Waals surface area contributed by atoms with Crippen LogP contribution in [0.4, 0.5) is 0 Å². The maximum atomic E-state index is 6.64. The summed E-state index contributed by atoms with van der Waals surface area (Å²) in [6.07, 6.45) is 4.48. The van der Waals surface area contributed by atoms with E-state index in [1.807, 2.05) is 11.3 Å². The second kappa shape index (κ2) is 6.96. The SMILES string of the molecule is NCCC1Cc2sccc2C2(CCN(Cc3ccccc3)CC2)O1. The third-order valence-electron chi connectivity index (χ3n) is 5.44. The maximum Gasteiger partial charge on any atom is 0.0970 e. The van der Waals surface area contributed by atoms with E-state index in [1.165, 1.54) is 16.0 Å². The molecule has 1 aromatic carbocycles. The smallest absolute Gasteiger partial charge is 0.0970 e. The molecule has 2 aliphatic rings. The molecule has 1 saturated heterocycles. The van der Waals surface area contributed by atoms with Crippen molar-refractivity contribution >= 4 is 11.3 Å². The number of benzene rings is 1. The van der Waals surface area contributed by atoms with Crippen molar-refractivity contribution in [2.24, 2.45) is 5.73 Å². The molecule has 0 bridgehead atoms. The van der Waals surface area contributed by atoms with Crippen molar-refractivity contribution in [3.63, 3.8) is 0 Å². The van der Waals surface area contributed by atoms with Gasteiger partial charge in [-0.3, -0.25) is 4.90 Å². The lowest BCUT2D eigenvalue weighted by atomic mass is 9.81. The van der Waals surface area contributed by atoms with Gasteiger partial charge in [0.1, 0.15) is 0 Å². The van der Waals surface area contributed by atoms with Crippen molar-refractivity contribution in [2.75, 3.05) is 19.6 Å². The third-order valence-corrected chi connectivity index (χ3v) is 6.39. The van der Waals surface area contributed by atoms with E-state index in [4.69, 9.17) is 10.5 Å². The monoisotopic (exact) mass is 342 g/mol. The molecule has 3 heterocycles. The van der Waals surface area contributed by atoms with Crippen LogP contribution >= 0.6 is 11.3 Å². The van der Waals surface area contributed by atoms with Crippen molar-refractivity contribution in [1.82, 2.24) is 4.90 Å². The fraction of sp³-hybridized carbons (Fsp3) is 0.500. The molecule has 1 spiro atoms. The molecule has 1 atom stereocenters. The van der Waals surface area contributed by atoms with Crippen molar-refractivity contribution in [3.8, 4) is 0 Å². The topological polar surface area (TPSA) is 38.5 Å². The number of piperidine rings is 1. The number of rotatable bonds is 4. The van der Waals surface area contributed by atoms with Gasteiger partial charge in [-0.2, -0.15) is 0 Å². The Kier molecular flexibility index (Phi) is 4.72. The summed E-state index contributed by atoms with van der Waals surface area (Å²) in [4.78, 5) is 4.08. The van der Waals surface area contributed by atoms with Gasteiger partial charge in [0.25, 0.3) is 0 Å². The Labute approximate surface area is 148 Å². The number of likely N-dealkylation sites (tertiary alicyclic amines) is 1. The van der Waals surface area contributed by atoms with Gasteiger partial charge < -0.3 is 10.5 Å². The average Bonchev–Trinajstić information content (AvgIpc) is 3.08. The first kappa shape index (κ1) is 16.3. The summed E-state index contributed by atoms with van der Waals surface area (Å²) in [5.74, 6) is 0. The Morgan fingerprint density at radius 1 is 1.17 bits per heavy atom. The van der Waals surface area contributed by atoms with Gasteiger partial charge in [0.2, 0.25) is 0 Å². The van der Waals surface area contributed by atoms with E-state index < -0.39 is 0 Å². The quantitative estimate of drug-likeness (QED) is 0.924. The van der Waals surface area contributed by atoms with Gasteiger partial charge >= 0.3 is 0 Å². The number of fused-ring (bicyclic) bond motifs is 2. The first-order valence-electron chi connectivity index (χ1n) is 9.00. The molecule has 2 N–H and O–H groups in total. The number of hydrogen-bond acceptors (Lipinski definition) is 4. The Hall–Kier alpha value is -1.20. The van der Waals surface area contributed by atoms with E-state index in [0.29, 0.717) is 12.6 Å². The molecular weight excluding hydrogens is 316 g/mol. The largest absolute Gasteiger partial charge is 0.366 e. The van der Waals surface area contributed by atoms with E-state index in [2.05, 4.69) is 46.7 Å². The summed E-state index contributed by atoms with van der Waals surface area (Å²) in [7, 11) is 0. The van der Waals surface area contributed by atoms with E-state index in [9.17, 15) is 0 Å². The summed E-state index contributed by atoms with van der Waals surface area (Å²) in [5, 5.41) is 2.23. The van der Waals surface area contributed by atoms with Crippen molar-refractivity contribution in [2.45, 2.75) is 43.9 Å². The average molecular weight is 343 g/mol. The highest BCUT2D eigenvalue weighted by atomic mass is 32.1. The van der Waals surface area contributed by atoms with Crippen LogP contribution in [0, 0.1) is 0 Å². The molecule has 3 nitrogen and oxygen atoms in total. The summed E-state index contributed by atoms with van der Waals surface area (Å²) < 4.78 is 6.64. The zero-order valence-electron chi connectivity index (χ0n) is 14.1. The van der Waals surface area contributed by atoms with Crippen LogP contribution in [-0.4, -0.2) is 30.6 Å². The molecule has 1 unspecified atom stereocenters. The van der Waals surface area contributed by atoms with Gasteiger partial charge in [0.15, 0.2) is 0 Å². The normalized spacial score (nSPS) is 23.3. The lowest BCUT2D eigenvalue weighted by Gasteiger charge is -2.46. The van der Waals surface area contributed by atoms with E-state index in [1.54, 1.807) is 0 Å². The maximum absolute atomic E-state index is 6.64. The van der Waals surface area contributed by atoms with Gasteiger partial charge in [-0.15, -0.1) is 11.3 Å². The fourth-order valence-corrected chi connectivity index (χ4v) is 5.22. The zero-order valence-corrected chi connectivity index (χ0v) is 14.9. The fourth-order valence-electron chi connectivity index (χ4n) is 4.18. The lowest BCUT2D eigenvalue weighted by molar-refractivity contribution is -0.140. The summed E-state index contributed by atoms with van der Waals surface area (Å²) in [6, 6.07) is 13.1. The van der Waals surface area contributed by atoms with Gasteiger partial charge in [-0.1, -0.05) is 30.3 Å². The van der Waals surface area contributed by atoms with Crippen LogP contribution in [0.3, 0.4) is 0 Å². The number of hydrogen-bond donors (Lipinski definition) is 1. The van der Waals surface area contributed by atoms with Crippen LogP contribution in [0.1, 0.15) is 35.3 Å². The highest BCUT2D eigenvalue weighted by Crippen LogP contribution is 2.45. The zero-order chi connectivity index (χ0) is 16.4. The number of nitrogens with two attached hydrogens (primary N) is 1. The molecule has 0 amide bonds. The van der Waals surface area contributed by atoms with Crippen LogP contribution in [0.15, 0.2) is 41.8 Å². The van der Waals surface area contributed by atoms with Crippen LogP contribution in [0.5, 0.6) is 0 Å². The Morgan fingerprint density at radius 3 is 2.71 bits per heavy atom. The molecule has 2 aromatic rings. The van der Waals surface area contributed by atoms with Crippen LogP contribution in [-0.2, 0) is 23.3 Å². The first-order valence-corrected chi connectivity index (χ1v) is 9.88. The van der Waals surface area contributed by atoms with Gasteiger partial charge in [-0.05, 0) is 48.4 Å². The minimum Gasteiger partial charge on any atom is -0.366 e. The van der Waals surface area contributed by atoms with Crippen molar-refractivity contribution in [1.29, 1.82) is 0 Å². The van der Waals surface area contributed by atoms with Crippen molar-refractivity contribution in [3.05, 3.63) is 57.8 Å². The highest BCUT2D eigenvalue weighted by Gasteiger charge is 2.43. The summed E-state index contributed by atoms with van der Waals surface area (Å²) in [6.45, 7) is 3.94. The molecule has 24 heavy (non-hydrogen) atoms. The summed E-state index contributed by atoms with van der Waals surface area (Å²) in [5.41, 5.74) is 8.58. The molecule has 2 aliphatic heterocycles. The van der Waals surface area contributed by atoms with E-state index in [0.717, 1.165) is 45.3 Å². The second-order valence-electron chi connectivity index (χ2n) is 7.03. The predicted molar refractivity (Wildman–Crippen MR) is 99.2 cm³/mol. The standard InChI is InChI=1S/C20H26N2OS/c21-10-6-17-14-19-18(7-13-24-19)20(23-17)8-11-22(12-9-20)15-16-4-2-1-3-5-16/h1-5,7,13,17H,6,8-12,14-15,21H2. The van der Waals surface area contributed by atoms with Gasteiger partial charge in [-0.25, -0.2) is 0 Å². The molecule has 0 saturated carbocycles. The molecule has 1 fully saturated rings. The molecule has 0 radical (unpaired) electrons.